The summed E-state index contributed by atoms with van der Waals surface area (Å²) >= 11 is 1.43. The van der Waals surface area contributed by atoms with Crippen LogP contribution in [0, 0.1) is 0 Å². The topological polar surface area (TPSA) is 124 Å². The van der Waals surface area contributed by atoms with E-state index >= 15 is 0 Å². The van der Waals surface area contributed by atoms with Crippen LogP contribution in [0.3, 0.4) is 0 Å². The van der Waals surface area contributed by atoms with Crippen LogP contribution in [-0.4, -0.2) is 66.7 Å². The average Bonchev–Trinajstić information content (AvgIpc) is 3.01. The quantitative estimate of drug-likeness (QED) is 0.430. The summed E-state index contributed by atoms with van der Waals surface area (Å²) in [4.78, 5) is 8.26. The third kappa shape index (κ3) is 1.98. The Morgan fingerprint density at radius 2 is 2.10 bits per heavy atom. The van der Waals surface area contributed by atoms with Crippen LogP contribution in [0.4, 0.5) is 0 Å². The second-order valence-corrected chi connectivity index (χ2v) is 5.27. The third-order valence-corrected chi connectivity index (χ3v) is 4.04. The highest BCUT2D eigenvalue weighted by atomic mass is 32.2. The molecule has 0 aliphatic carbocycles. The number of aliphatic hydroxyl groups is 3. The maximum atomic E-state index is 10.0. The fourth-order valence-corrected chi connectivity index (χ4v) is 2.80. The first kappa shape index (κ1) is 13.7. The number of aromatic nitrogens is 4. The van der Waals surface area contributed by atoms with Gasteiger partial charge < -0.3 is 20.1 Å². The van der Waals surface area contributed by atoms with E-state index in [1.165, 1.54) is 18.1 Å². The van der Waals surface area contributed by atoms with Crippen molar-refractivity contribution in [3.05, 3.63) is 12.0 Å². The zero-order chi connectivity index (χ0) is 14.3. The monoisotopic (exact) mass is 298 g/mol. The van der Waals surface area contributed by atoms with Gasteiger partial charge in [-0.05, 0) is 6.26 Å². The van der Waals surface area contributed by atoms with Gasteiger partial charge in [0.2, 0.25) is 0 Å². The van der Waals surface area contributed by atoms with Crippen molar-refractivity contribution in [1.82, 2.24) is 20.2 Å². The molecule has 108 valence electrons. The van der Waals surface area contributed by atoms with Crippen LogP contribution in [0.15, 0.2) is 11.4 Å². The normalized spacial score (nSPS) is 30.2. The molecule has 2 aromatic heterocycles. The van der Waals surface area contributed by atoms with Crippen LogP contribution < -0.4 is 0 Å². The summed E-state index contributed by atoms with van der Waals surface area (Å²) in [6.45, 7) is -0.369. The van der Waals surface area contributed by atoms with E-state index in [2.05, 4.69) is 20.2 Å². The lowest BCUT2D eigenvalue weighted by Crippen LogP contribution is -2.32. The van der Waals surface area contributed by atoms with E-state index in [1.54, 1.807) is 0 Å². The van der Waals surface area contributed by atoms with Crippen LogP contribution in [0.5, 0.6) is 0 Å². The largest absolute Gasteiger partial charge is 0.394 e. The molecule has 9 heteroatoms. The standard InChI is InChI=1S/C11H14N4O4S/c1-20-11-7-5(12-3-13-11)6(14-15-7)10-9(18)8(17)4(2-16)19-10/h3-4,8-10,16-18H,2H2,1H3,(H,14,15)/t4-,8+,9+,10-/m0/s1. The SMILES string of the molecule is CSc1ncnc2c([C@@H]3O[C@@H](CO)[C@@H](O)[C@H]3O)[nH]nc12. The number of H-pyrrole nitrogens is 1. The first-order valence-corrected chi connectivity index (χ1v) is 7.25. The molecule has 8 nitrogen and oxygen atoms in total. The van der Waals surface area contributed by atoms with Crippen LogP contribution in [0.1, 0.15) is 11.8 Å². The second kappa shape index (κ2) is 5.26. The molecular weight excluding hydrogens is 284 g/mol. The third-order valence-electron chi connectivity index (χ3n) is 3.35. The predicted molar refractivity (Wildman–Crippen MR) is 70.2 cm³/mol. The predicted octanol–water partition coefficient (Wildman–Crippen LogP) is -0.771. The Morgan fingerprint density at radius 1 is 1.30 bits per heavy atom. The molecule has 0 radical (unpaired) electrons. The summed E-state index contributed by atoms with van der Waals surface area (Å²) < 4.78 is 5.47. The molecule has 1 aliphatic rings. The zero-order valence-electron chi connectivity index (χ0n) is 10.6. The Balaban J connectivity index is 2.03. The molecule has 1 aliphatic heterocycles. The van der Waals surface area contributed by atoms with Gasteiger partial charge in [-0.3, -0.25) is 5.10 Å². The number of hydrogen-bond donors (Lipinski definition) is 4. The first-order valence-electron chi connectivity index (χ1n) is 6.02. The Bertz CT molecular complexity index is 621. The molecule has 3 heterocycles. The number of aromatic amines is 1. The zero-order valence-corrected chi connectivity index (χ0v) is 11.4. The van der Waals surface area contributed by atoms with Gasteiger partial charge in [0.15, 0.2) is 0 Å². The highest BCUT2D eigenvalue weighted by molar-refractivity contribution is 7.98. The lowest BCUT2D eigenvalue weighted by Gasteiger charge is -2.12. The molecule has 0 bridgehead atoms. The number of rotatable bonds is 3. The van der Waals surface area contributed by atoms with Gasteiger partial charge in [-0.15, -0.1) is 11.8 Å². The molecule has 0 spiro atoms. The van der Waals surface area contributed by atoms with Gasteiger partial charge in [0.1, 0.15) is 46.8 Å². The molecule has 20 heavy (non-hydrogen) atoms. The molecule has 0 amide bonds. The number of hydrogen-bond acceptors (Lipinski definition) is 8. The van der Waals surface area contributed by atoms with Gasteiger partial charge in [0.25, 0.3) is 0 Å². The maximum absolute atomic E-state index is 10.0. The van der Waals surface area contributed by atoms with E-state index in [0.717, 1.165) is 0 Å². The maximum Gasteiger partial charge on any atom is 0.143 e. The van der Waals surface area contributed by atoms with E-state index in [-0.39, 0.29) is 6.61 Å². The van der Waals surface area contributed by atoms with Crippen molar-refractivity contribution in [2.75, 3.05) is 12.9 Å². The minimum absolute atomic E-state index is 0.369. The van der Waals surface area contributed by atoms with E-state index in [9.17, 15) is 10.2 Å². The number of nitrogens with zero attached hydrogens (tertiary/aromatic N) is 3. The van der Waals surface area contributed by atoms with Gasteiger partial charge in [-0.2, -0.15) is 5.10 Å². The minimum atomic E-state index is -1.15. The average molecular weight is 298 g/mol. The highest BCUT2D eigenvalue weighted by Gasteiger charge is 2.44. The van der Waals surface area contributed by atoms with E-state index in [0.29, 0.717) is 21.8 Å². The van der Waals surface area contributed by atoms with Crippen LogP contribution in [0.25, 0.3) is 11.0 Å². The lowest BCUT2D eigenvalue weighted by molar-refractivity contribution is -0.0236. The van der Waals surface area contributed by atoms with E-state index in [4.69, 9.17) is 9.84 Å². The Labute approximate surface area is 118 Å². The lowest BCUT2D eigenvalue weighted by atomic mass is 10.1. The summed E-state index contributed by atoms with van der Waals surface area (Å²) in [5.41, 5.74) is 1.60. The highest BCUT2D eigenvalue weighted by Crippen LogP contribution is 2.36. The van der Waals surface area contributed by atoms with Crippen molar-refractivity contribution in [3.63, 3.8) is 0 Å². The van der Waals surface area contributed by atoms with Crippen LogP contribution >= 0.6 is 11.8 Å². The fraction of sp³-hybridized carbons (Fsp3) is 0.545. The molecule has 0 aromatic carbocycles. The molecule has 3 rings (SSSR count). The van der Waals surface area contributed by atoms with Gasteiger partial charge in [0.05, 0.1) is 12.3 Å². The Morgan fingerprint density at radius 3 is 2.75 bits per heavy atom. The van der Waals surface area contributed by atoms with Crippen LogP contribution in [-0.2, 0) is 4.74 Å². The van der Waals surface area contributed by atoms with Crippen LogP contribution in [0.2, 0.25) is 0 Å². The molecule has 1 fully saturated rings. The summed E-state index contributed by atoms with van der Waals surface area (Å²) in [6.07, 6.45) is -0.641. The van der Waals surface area contributed by atoms with Gasteiger partial charge in [-0.25, -0.2) is 9.97 Å². The number of thioether (sulfide) groups is 1. The van der Waals surface area contributed by atoms with Gasteiger partial charge >= 0.3 is 0 Å². The van der Waals surface area contributed by atoms with Crippen molar-refractivity contribution in [3.8, 4) is 0 Å². The molecule has 2 aromatic rings. The number of ether oxygens (including phenoxy) is 1. The van der Waals surface area contributed by atoms with E-state index < -0.39 is 24.4 Å². The van der Waals surface area contributed by atoms with Crippen molar-refractivity contribution < 1.29 is 20.1 Å². The van der Waals surface area contributed by atoms with Gasteiger partial charge in [0, 0.05) is 0 Å². The molecule has 0 unspecified atom stereocenters. The number of aliphatic hydroxyl groups excluding tert-OH is 3. The van der Waals surface area contributed by atoms with E-state index in [1.807, 2.05) is 6.26 Å². The van der Waals surface area contributed by atoms with Crippen molar-refractivity contribution in [2.45, 2.75) is 29.4 Å². The van der Waals surface area contributed by atoms with Crippen molar-refractivity contribution in [2.24, 2.45) is 0 Å². The smallest absolute Gasteiger partial charge is 0.143 e. The van der Waals surface area contributed by atoms with Gasteiger partial charge in [-0.1, -0.05) is 0 Å². The number of nitrogens with one attached hydrogen (secondary N) is 1. The summed E-state index contributed by atoms with van der Waals surface area (Å²) in [5, 5.41) is 36.6. The van der Waals surface area contributed by atoms with Crippen molar-refractivity contribution in [1.29, 1.82) is 0 Å². The second-order valence-electron chi connectivity index (χ2n) is 4.48. The Kier molecular flexibility index (Phi) is 3.61. The molecule has 4 atom stereocenters. The molecule has 1 saturated heterocycles. The summed E-state index contributed by atoms with van der Waals surface area (Å²) in [6, 6.07) is 0. The molecule has 4 N–H and O–H groups in total. The first-order chi connectivity index (χ1) is 9.67. The molecule has 0 saturated carbocycles. The van der Waals surface area contributed by atoms with Crippen molar-refractivity contribution >= 4 is 22.8 Å². The Hall–Kier alpha value is -1.26. The summed E-state index contributed by atoms with van der Waals surface area (Å²) in [5.74, 6) is 0. The minimum Gasteiger partial charge on any atom is -0.394 e. The summed E-state index contributed by atoms with van der Waals surface area (Å²) in [7, 11) is 0. The number of fused-ring (bicyclic) bond motifs is 1. The fourth-order valence-electron chi connectivity index (χ4n) is 2.32. The molecular formula is C11H14N4O4S.